The highest BCUT2D eigenvalue weighted by Gasteiger charge is 2.31. The van der Waals surface area contributed by atoms with Gasteiger partial charge in [0.15, 0.2) is 0 Å². The first-order chi connectivity index (χ1) is 13.5. The number of aryl methyl sites for hydroxylation is 2. The Hall–Kier alpha value is -2.71. The normalized spacial score (nSPS) is 16.0. The average Bonchev–Trinajstić information content (AvgIpc) is 3.27. The van der Waals surface area contributed by atoms with Gasteiger partial charge < -0.3 is 10.6 Å². The number of benzene rings is 1. The van der Waals surface area contributed by atoms with Crippen LogP contribution in [0.1, 0.15) is 32.7 Å². The van der Waals surface area contributed by atoms with Gasteiger partial charge in [0.1, 0.15) is 15.9 Å². The summed E-state index contributed by atoms with van der Waals surface area (Å²) in [6.07, 6.45) is 1.38. The van der Waals surface area contributed by atoms with Crippen molar-refractivity contribution >= 4 is 49.1 Å². The maximum atomic E-state index is 12.8. The van der Waals surface area contributed by atoms with E-state index >= 15 is 0 Å². The van der Waals surface area contributed by atoms with Crippen molar-refractivity contribution in [1.29, 1.82) is 0 Å². The van der Waals surface area contributed by atoms with E-state index in [0.29, 0.717) is 4.88 Å². The summed E-state index contributed by atoms with van der Waals surface area (Å²) in [5, 5.41) is 14.9. The number of carbonyl (C=O) groups is 1. The van der Waals surface area contributed by atoms with E-state index < -0.39 is 0 Å². The minimum Gasteiger partial charge on any atom is -0.360 e. The van der Waals surface area contributed by atoms with E-state index in [1.54, 1.807) is 6.20 Å². The Bertz CT molecular complexity index is 1230. The van der Waals surface area contributed by atoms with Crippen molar-refractivity contribution in [3.8, 4) is 11.3 Å². The number of H-pyrrole nitrogens is 1. The molecular weight excluding hydrogens is 438 g/mol. The monoisotopic (exact) mass is 453 g/mol. The number of aromatic nitrogens is 3. The Labute approximate surface area is 173 Å². The molecule has 140 valence electrons. The molecule has 0 saturated carbocycles. The topological polar surface area (TPSA) is 82.7 Å². The highest BCUT2D eigenvalue weighted by Crippen LogP contribution is 2.41. The Morgan fingerprint density at radius 1 is 1.14 bits per heavy atom. The summed E-state index contributed by atoms with van der Waals surface area (Å²) in [5.74, 6) is -0.0956. The van der Waals surface area contributed by atoms with Crippen LogP contribution in [0.3, 0.4) is 0 Å². The number of nitrogens with one attached hydrogen (secondary N) is 3. The van der Waals surface area contributed by atoms with Crippen LogP contribution in [0.5, 0.6) is 0 Å². The quantitative estimate of drug-likeness (QED) is 0.402. The number of aromatic amines is 1. The highest BCUT2D eigenvalue weighted by molar-refractivity contribution is 9.10. The molecule has 4 aromatic rings. The minimum atomic E-state index is -0.379. The molecule has 3 N–H and O–H groups in total. The first kappa shape index (κ1) is 17.4. The Morgan fingerprint density at radius 3 is 2.71 bits per heavy atom. The van der Waals surface area contributed by atoms with Crippen LogP contribution in [-0.4, -0.2) is 21.1 Å². The lowest BCUT2D eigenvalue weighted by Crippen LogP contribution is -2.37. The fraction of sp³-hybridized carbons (Fsp3) is 0.150. The van der Waals surface area contributed by atoms with Gasteiger partial charge in [0, 0.05) is 26.7 Å². The van der Waals surface area contributed by atoms with Crippen molar-refractivity contribution in [3.05, 3.63) is 62.7 Å². The molecular formula is C20H16BrN5OS. The molecule has 0 bridgehead atoms. The Kier molecular flexibility index (Phi) is 3.99. The lowest BCUT2D eigenvalue weighted by atomic mass is 10.0. The van der Waals surface area contributed by atoms with E-state index in [4.69, 9.17) is 0 Å². The number of pyridine rings is 1. The van der Waals surface area contributed by atoms with Crippen LogP contribution in [0.2, 0.25) is 0 Å². The molecule has 0 spiro atoms. The number of carbonyl (C=O) groups excluding carboxylic acids is 1. The molecule has 4 heterocycles. The lowest BCUT2D eigenvalue weighted by molar-refractivity contribution is 0.0940. The van der Waals surface area contributed by atoms with E-state index in [2.05, 4.69) is 48.7 Å². The van der Waals surface area contributed by atoms with Crippen molar-refractivity contribution in [2.45, 2.75) is 20.0 Å². The number of nitrogens with zero attached hydrogens (tertiary/aromatic N) is 2. The van der Waals surface area contributed by atoms with Crippen LogP contribution in [-0.2, 0) is 0 Å². The van der Waals surface area contributed by atoms with Crippen LogP contribution in [0.4, 0.5) is 5.69 Å². The fourth-order valence-electron chi connectivity index (χ4n) is 3.63. The zero-order chi connectivity index (χ0) is 19.4. The molecule has 1 atom stereocenters. The second-order valence-corrected chi connectivity index (χ2v) is 8.74. The molecule has 8 heteroatoms. The molecule has 0 aliphatic carbocycles. The third-order valence-electron chi connectivity index (χ3n) is 4.87. The first-order valence-electron chi connectivity index (χ1n) is 8.78. The van der Waals surface area contributed by atoms with Gasteiger partial charge in [0.05, 0.1) is 17.6 Å². The number of halogens is 1. The smallest absolute Gasteiger partial charge is 0.265 e. The summed E-state index contributed by atoms with van der Waals surface area (Å²) in [7, 11) is 0. The average molecular weight is 454 g/mol. The van der Waals surface area contributed by atoms with Crippen molar-refractivity contribution < 1.29 is 4.79 Å². The second kappa shape index (κ2) is 6.42. The van der Waals surface area contributed by atoms with Gasteiger partial charge >= 0.3 is 0 Å². The number of anilines is 1. The molecule has 6 nitrogen and oxygen atoms in total. The number of fused-ring (bicyclic) bond motifs is 3. The zero-order valence-corrected chi connectivity index (χ0v) is 17.5. The van der Waals surface area contributed by atoms with E-state index in [9.17, 15) is 4.79 Å². The standard InChI is InChI=1S/C20H16BrN5OS/c1-9-7-10(2)23-20-14(9)16-17(28-20)19(27)25-18(24-16)13-8-22-26-15(13)11-3-5-12(21)6-4-11/h3-8,18,24H,1-2H3,(H,22,26)(H,25,27). The molecule has 0 saturated heterocycles. The molecule has 28 heavy (non-hydrogen) atoms. The SMILES string of the molecule is Cc1cc(C)c2c3c(sc2n1)C(=O)NC(c1cn[nH]c1-c1ccc(Br)cc1)N3. The van der Waals surface area contributed by atoms with Gasteiger partial charge in [-0.2, -0.15) is 5.10 Å². The van der Waals surface area contributed by atoms with Gasteiger partial charge in [-0.05, 0) is 37.6 Å². The predicted octanol–water partition coefficient (Wildman–Crippen LogP) is 4.92. The van der Waals surface area contributed by atoms with Gasteiger partial charge in [-0.25, -0.2) is 4.98 Å². The van der Waals surface area contributed by atoms with Crippen LogP contribution in [0, 0.1) is 13.8 Å². The second-order valence-electron chi connectivity index (χ2n) is 6.82. The zero-order valence-electron chi connectivity index (χ0n) is 15.1. The third kappa shape index (κ3) is 2.71. The number of amides is 1. The summed E-state index contributed by atoms with van der Waals surface area (Å²) >= 11 is 4.88. The number of hydrogen-bond donors (Lipinski definition) is 3. The van der Waals surface area contributed by atoms with Crippen LogP contribution < -0.4 is 10.6 Å². The summed E-state index contributed by atoms with van der Waals surface area (Å²) in [6, 6.07) is 10.0. The van der Waals surface area contributed by atoms with Crippen molar-refractivity contribution in [1.82, 2.24) is 20.5 Å². The minimum absolute atomic E-state index is 0.0956. The summed E-state index contributed by atoms with van der Waals surface area (Å²) in [6.45, 7) is 4.02. The third-order valence-corrected chi connectivity index (χ3v) is 6.48. The van der Waals surface area contributed by atoms with Gasteiger partial charge in [-0.3, -0.25) is 9.89 Å². The molecule has 1 unspecified atom stereocenters. The van der Waals surface area contributed by atoms with Crippen LogP contribution in [0.15, 0.2) is 41.0 Å². The van der Waals surface area contributed by atoms with E-state index in [0.717, 1.165) is 48.5 Å². The van der Waals surface area contributed by atoms with Crippen LogP contribution in [0.25, 0.3) is 21.5 Å². The van der Waals surface area contributed by atoms with Crippen molar-refractivity contribution in [3.63, 3.8) is 0 Å². The highest BCUT2D eigenvalue weighted by atomic mass is 79.9. The van der Waals surface area contributed by atoms with Crippen molar-refractivity contribution in [2.75, 3.05) is 5.32 Å². The maximum Gasteiger partial charge on any atom is 0.265 e. The van der Waals surface area contributed by atoms with Gasteiger partial charge in [0.2, 0.25) is 0 Å². The Balaban J connectivity index is 1.60. The van der Waals surface area contributed by atoms with Crippen molar-refractivity contribution in [2.24, 2.45) is 0 Å². The molecule has 0 fully saturated rings. The van der Waals surface area contributed by atoms with E-state index in [1.165, 1.54) is 11.3 Å². The molecule has 1 aliphatic rings. The van der Waals surface area contributed by atoms with E-state index in [1.807, 2.05) is 37.3 Å². The van der Waals surface area contributed by atoms with E-state index in [-0.39, 0.29) is 12.1 Å². The molecule has 0 radical (unpaired) electrons. The van der Waals surface area contributed by atoms with Gasteiger partial charge in [-0.1, -0.05) is 28.1 Å². The lowest BCUT2D eigenvalue weighted by Gasteiger charge is -2.26. The van der Waals surface area contributed by atoms with Gasteiger partial charge in [-0.15, -0.1) is 11.3 Å². The molecule has 1 aromatic carbocycles. The van der Waals surface area contributed by atoms with Crippen LogP contribution >= 0.6 is 27.3 Å². The Morgan fingerprint density at radius 2 is 1.93 bits per heavy atom. The maximum absolute atomic E-state index is 12.8. The summed E-state index contributed by atoms with van der Waals surface area (Å²) < 4.78 is 1.01. The number of rotatable bonds is 2. The number of hydrogen-bond acceptors (Lipinski definition) is 5. The first-order valence-corrected chi connectivity index (χ1v) is 10.4. The molecule has 3 aromatic heterocycles. The summed E-state index contributed by atoms with van der Waals surface area (Å²) in [4.78, 5) is 19.0. The molecule has 1 aliphatic heterocycles. The predicted molar refractivity (Wildman–Crippen MR) is 115 cm³/mol. The van der Waals surface area contributed by atoms with Gasteiger partial charge in [0.25, 0.3) is 5.91 Å². The number of thiophene rings is 1. The fourth-order valence-corrected chi connectivity index (χ4v) is 5.06. The largest absolute Gasteiger partial charge is 0.360 e. The molecule has 1 amide bonds. The summed E-state index contributed by atoms with van der Waals surface area (Å²) in [5.41, 5.74) is 5.68. The molecule has 5 rings (SSSR count).